The van der Waals surface area contributed by atoms with E-state index in [9.17, 15) is 9.59 Å². The van der Waals surface area contributed by atoms with Gasteiger partial charge in [0.25, 0.3) is 0 Å². The normalized spacial score (nSPS) is 15.7. The van der Waals surface area contributed by atoms with Gasteiger partial charge in [-0.1, -0.05) is 18.9 Å². The molecule has 0 bridgehead atoms. The number of nitrogens with zero attached hydrogens (tertiary/aromatic N) is 4. The lowest BCUT2D eigenvalue weighted by atomic mass is 9.97. The van der Waals surface area contributed by atoms with E-state index in [0.29, 0.717) is 12.4 Å². The first kappa shape index (κ1) is 17.1. The van der Waals surface area contributed by atoms with Crippen molar-refractivity contribution < 1.29 is 9.59 Å². The average Bonchev–Trinajstić information content (AvgIpc) is 3.31. The summed E-state index contributed by atoms with van der Waals surface area (Å²) in [6.45, 7) is 1.81. The molecule has 2 N–H and O–H groups in total. The van der Waals surface area contributed by atoms with Crippen molar-refractivity contribution in [3.05, 3.63) is 36.5 Å². The van der Waals surface area contributed by atoms with Crippen molar-refractivity contribution >= 4 is 11.8 Å². The molecule has 0 spiro atoms. The maximum atomic E-state index is 12.5. The zero-order valence-electron chi connectivity index (χ0n) is 14.2. The number of nitrogens with one attached hydrogen (secondary N) is 2. The summed E-state index contributed by atoms with van der Waals surface area (Å²) in [5.74, 6) is 0.569. The summed E-state index contributed by atoms with van der Waals surface area (Å²) in [6.07, 6.45) is 8.90. The maximum absolute atomic E-state index is 12.5. The third-order valence-corrected chi connectivity index (χ3v) is 4.44. The molecule has 8 heteroatoms. The third kappa shape index (κ3) is 4.40. The summed E-state index contributed by atoms with van der Waals surface area (Å²) in [5, 5.41) is 9.73. The number of amides is 2. The van der Waals surface area contributed by atoms with Gasteiger partial charge in [0, 0.05) is 19.7 Å². The Morgan fingerprint density at radius 2 is 2.12 bits per heavy atom. The number of hydrogen-bond donors (Lipinski definition) is 2. The van der Waals surface area contributed by atoms with Crippen LogP contribution in [0, 0.1) is 5.92 Å². The van der Waals surface area contributed by atoms with Gasteiger partial charge < -0.3 is 10.6 Å². The fraction of sp³-hybridized carbons (Fsp3) is 0.471. The summed E-state index contributed by atoms with van der Waals surface area (Å²) < 4.78 is 1.56. The number of aromatic nitrogens is 4. The molecule has 1 saturated carbocycles. The first-order valence-electron chi connectivity index (χ1n) is 8.48. The molecule has 8 nitrogen and oxygen atoms in total. The topological polar surface area (TPSA) is 102 Å². The highest BCUT2D eigenvalue weighted by molar-refractivity contribution is 5.87. The first-order chi connectivity index (χ1) is 12.1. The molecule has 2 heterocycles. The van der Waals surface area contributed by atoms with Gasteiger partial charge in [0.2, 0.25) is 11.8 Å². The van der Waals surface area contributed by atoms with E-state index in [1.807, 2.05) is 12.1 Å². The summed E-state index contributed by atoms with van der Waals surface area (Å²) in [4.78, 5) is 32.1. The van der Waals surface area contributed by atoms with Crippen molar-refractivity contribution in [2.45, 2.75) is 45.2 Å². The van der Waals surface area contributed by atoms with Crippen LogP contribution in [0.15, 0.2) is 31.0 Å². The summed E-state index contributed by atoms with van der Waals surface area (Å²) in [6, 6.07) is 3.24. The van der Waals surface area contributed by atoms with Crippen LogP contribution in [0.1, 0.15) is 38.2 Å². The fourth-order valence-electron chi connectivity index (χ4n) is 3.19. The molecule has 2 aromatic rings. The Kier molecular flexibility index (Phi) is 5.37. The molecule has 1 aliphatic rings. The lowest BCUT2D eigenvalue weighted by Gasteiger charge is -2.23. The van der Waals surface area contributed by atoms with Gasteiger partial charge in [-0.15, -0.1) is 0 Å². The monoisotopic (exact) mass is 342 g/mol. The lowest BCUT2D eigenvalue weighted by molar-refractivity contribution is -0.129. The van der Waals surface area contributed by atoms with Gasteiger partial charge in [0.1, 0.15) is 18.7 Å². The van der Waals surface area contributed by atoms with Crippen LogP contribution in [0.5, 0.6) is 0 Å². The minimum absolute atomic E-state index is 0.137. The standard InChI is InChI=1S/C17H22N6O2/c1-12(24)22-16(14-4-2-3-5-14)17(25)20-9-13-6-7-15(19-8-13)23-11-18-10-21-23/h6-8,10-11,14,16H,2-5,9H2,1H3,(H,20,25)(H,22,24). The third-order valence-electron chi connectivity index (χ3n) is 4.44. The van der Waals surface area contributed by atoms with E-state index in [1.54, 1.807) is 17.2 Å². The van der Waals surface area contributed by atoms with Crippen molar-refractivity contribution in [1.29, 1.82) is 0 Å². The quantitative estimate of drug-likeness (QED) is 0.814. The van der Waals surface area contributed by atoms with E-state index in [0.717, 1.165) is 31.2 Å². The van der Waals surface area contributed by atoms with E-state index < -0.39 is 6.04 Å². The molecule has 0 radical (unpaired) electrons. The van der Waals surface area contributed by atoms with Crippen LogP contribution < -0.4 is 10.6 Å². The molecule has 1 aliphatic carbocycles. The second-order valence-electron chi connectivity index (χ2n) is 6.31. The Hall–Kier alpha value is -2.77. The van der Waals surface area contributed by atoms with Crippen LogP contribution in [0.25, 0.3) is 5.82 Å². The van der Waals surface area contributed by atoms with Crippen molar-refractivity contribution in [2.24, 2.45) is 5.92 Å². The van der Waals surface area contributed by atoms with Crippen molar-refractivity contribution in [1.82, 2.24) is 30.4 Å². The molecule has 0 aliphatic heterocycles. The molecule has 2 amide bonds. The lowest BCUT2D eigenvalue weighted by Crippen LogP contribution is -2.49. The molecule has 25 heavy (non-hydrogen) atoms. The van der Waals surface area contributed by atoms with E-state index in [1.165, 1.54) is 13.3 Å². The predicted octanol–water partition coefficient (Wildman–Crippen LogP) is 0.973. The van der Waals surface area contributed by atoms with Gasteiger partial charge >= 0.3 is 0 Å². The van der Waals surface area contributed by atoms with Gasteiger partial charge in [-0.25, -0.2) is 14.6 Å². The van der Waals surface area contributed by atoms with Crippen LogP contribution >= 0.6 is 0 Å². The Labute approximate surface area is 146 Å². The minimum Gasteiger partial charge on any atom is -0.350 e. The molecule has 3 rings (SSSR count). The van der Waals surface area contributed by atoms with Crippen LogP contribution in [-0.2, 0) is 16.1 Å². The maximum Gasteiger partial charge on any atom is 0.243 e. The Bertz CT molecular complexity index is 707. The van der Waals surface area contributed by atoms with E-state index >= 15 is 0 Å². The summed E-state index contributed by atoms with van der Waals surface area (Å²) in [7, 11) is 0. The van der Waals surface area contributed by atoms with E-state index in [2.05, 4.69) is 25.7 Å². The number of carbonyl (C=O) groups is 2. The molecule has 1 unspecified atom stereocenters. The molecule has 1 atom stereocenters. The summed E-state index contributed by atoms with van der Waals surface area (Å²) >= 11 is 0. The number of carbonyl (C=O) groups excluding carboxylic acids is 2. The smallest absolute Gasteiger partial charge is 0.243 e. The van der Waals surface area contributed by atoms with Crippen LogP contribution in [0.2, 0.25) is 0 Å². The predicted molar refractivity (Wildman–Crippen MR) is 90.6 cm³/mol. The van der Waals surface area contributed by atoms with Gasteiger partial charge in [0.15, 0.2) is 5.82 Å². The average molecular weight is 342 g/mol. The van der Waals surface area contributed by atoms with Crippen LogP contribution in [0.3, 0.4) is 0 Å². The number of rotatable bonds is 6. The Morgan fingerprint density at radius 1 is 1.32 bits per heavy atom. The van der Waals surface area contributed by atoms with Gasteiger partial charge in [0.05, 0.1) is 0 Å². The number of hydrogen-bond acceptors (Lipinski definition) is 5. The van der Waals surface area contributed by atoms with E-state index in [-0.39, 0.29) is 17.7 Å². The van der Waals surface area contributed by atoms with Gasteiger partial charge in [-0.2, -0.15) is 5.10 Å². The summed E-state index contributed by atoms with van der Waals surface area (Å²) in [5.41, 5.74) is 0.880. The van der Waals surface area contributed by atoms with Crippen molar-refractivity contribution in [2.75, 3.05) is 0 Å². The first-order valence-corrected chi connectivity index (χ1v) is 8.48. The highest BCUT2D eigenvalue weighted by Crippen LogP contribution is 2.27. The van der Waals surface area contributed by atoms with Gasteiger partial charge in [-0.05, 0) is 30.4 Å². The van der Waals surface area contributed by atoms with Crippen molar-refractivity contribution in [3.63, 3.8) is 0 Å². The highest BCUT2D eigenvalue weighted by Gasteiger charge is 2.31. The molecule has 0 saturated heterocycles. The SMILES string of the molecule is CC(=O)NC(C(=O)NCc1ccc(-n2cncn2)nc1)C1CCCC1. The minimum atomic E-state index is -0.456. The second kappa shape index (κ2) is 7.87. The van der Waals surface area contributed by atoms with Crippen LogP contribution in [-0.4, -0.2) is 37.6 Å². The van der Waals surface area contributed by atoms with Gasteiger partial charge in [-0.3, -0.25) is 9.59 Å². The largest absolute Gasteiger partial charge is 0.350 e. The van der Waals surface area contributed by atoms with Crippen LogP contribution in [0.4, 0.5) is 0 Å². The number of pyridine rings is 1. The fourth-order valence-corrected chi connectivity index (χ4v) is 3.19. The molecule has 0 aromatic carbocycles. The van der Waals surface area contributed by atoms with Crippen molar-refractivity contribution in [3.8, 4) is 5.82 Å². The Morgan fingerprint density at radius 3 is 2.72 bits per heavy atom. The molecule has 1 fully saturated rings. The second-order valence-corrected chi connectivity index (χ2v) is 6.31. The zero-order chi connectivity index (χ0) is 17.6. The highest BCUT2D eigenvalue weighted by atomic mass is 16.2. The molecular formula is C17H22N6O2. The zero-order valence-corrected chi connectivity index (χ0v) is 14.2. The molecule has 132 valence electrons. The molecular weight excluding hydrogens is 320 g/mol. The Balaban J connectivity index is 1.59. The van der Waals surface area contributed by atoms with E-state index in [4.69, 9.17) is 0 Å². The molecule has 2 aromatic heterocycles.